The van der Waals surface area contributed by atoms with Gasteiger partial charge in [-0.2, -0.15) is 8.42 Å². The molecule has 4 N–H and O–H groups in total. The molecular weight excluding hydrogens is 276 g/mol. The first-order valence-corrected chi connectivity index (χ1v) is 7.33. The Bertz CT molecular complexity index is 769. The molecule has 7 heteroatoms. The molecule has 104 valence electrons. The van der Waals surface area contributed by atoms with Crippen molar-refractivity contribution >= 4 is 15.7 Å². The average Bonchev–Trinajstić information content (AvgIpc) is 2.85. The topological polar surface area (TPSA) is 101 Å². The molecule has 2 rings (SSSR count). The summed E-state index contributed by atoms with van der Waals surface area (Å²) in [6, 6.07) is 6.86. The minimum absolute atomic E-state index is 0.0107. The average molecular weight is 290 g/mol. The second-order valence-electron chi connectivity index (χ2n) is 3.99. The Morgan fingerprint density at radius 2 is 2.15 bits per heavy atom. The minimum atomic E-state index is -3.71. The molecule has 1 heterocycles. The quantitative estimate of drug-likeness (QED) is 0.729. The van der Waals surface area contributed by atoms with Crippen molar-refractivity contribution in [2.24, 2.45) is 5.73 Å². The van der Waals surface area contributed by atoms with Gasteiger partial charge in [-0.05, 0) is 19.1 Å². The molecule has 20 heavy (non-hydrogen) atoms. The van der Waals surface area contributed by atoms with Crippen molar-refractivity contribution in [2.45, 2.75) is 11.9 Å². The molecule has 0 aliphatic rings. The fourth-order valence-electron chi connectivity index (χ4n) is 1.56. The molecule has 0 aliphatic heterocycles. The van der Waals surface area contributed by atoms with Gasteiger partial charge in [0.1, 0.15) is 5.82 Å². The van der Waals surface area contributed by atoms with Crippen molar-refractivity contribution in [2.75, 3.05) is 11.3 Å². The van der Waals surface area contributed by atoms with Crippen LogP contribution in [0.2, 0.25) is 0 Å². The molecule has 1 aromatic heterocycles. The summed E-state index contributed by atoms with van der Waals surface area (Å²) in [6.07, 6.45) is 1.27. The number of para-hydroxylation sites is 1. The largest absolute Gasteiger partial charge is 0.332 e. The first-order chi connectivity index (χ1) is 9.53. The second kappa shape index (κ2) is 5.77. The third-order valence-corrected chi connectivity index (χ3v) is 3.74. The van der Waals surface area contributed by atoms with Gasteiger partial charge in [0.05, 0.1) is 18.4 Å². The standard InChI is InChI=1S/C13H14N4O2S/c1-10-15-9-13(16-10)20(18,19)17-12-7-3-2-5-11(12)6-4-8-14/h2-3,5,7,9,17H,8,14H2,1H3,(H,15,16). The molecule has 6 nitrogen and oxygen atoms in total. The van der Waals surface area contributed by atoms with E-state index in [1.54, 1.807) is 31.2 Å². The fraction of sp³-hybridized carbons (Fsp3) is 0.154. The number of aromatic amines is 1. The zero-order valence-corrected chi connectivity index (χ0v) is 11.7. The molecule has 0 unspecified atom stereocenters. The van der Waals surface area contributed by atoms with Crippen LogP contribution in [0.3, 0.4) is 0 Å². The van der Waals surface area contributed by atoms with Gasteiger partial charge in [-0.1, -0.05) is 24.0 Å². The molecule has 0 fully saturated rings. The number of anilines is 1. The van der Waals surface area contributed by atoms with Gasteiger partial charge in [0.25, 0.3) is 10.0 Å². The van der Waals surface area contributed by atoms with E-state index >= 15 is 0 Å². The van der Waals surface area contributed by atoms with Crippen molar-refractivity contribution in [1.82, 2.24) is 9.97 Å². The highest BCUT2D eigenvalue weighted by Crippen LogP contribution is 2.18. The molecule has 0 saturated carbocycles. The number of imidazole rings is 1. The van der Waals surface area contributed by atoms with Crippen molar-refractivity contribution in [1.29, 1.82) is 0 Å². The van der Waals surface area contributed by atoms with E-state index < -0.39 is 10.0 Å². The van der Waals surface area contributed by atoms with Gasteiger partial charge in [-0.3, -0.25) is 4.72 Å². The molecule has 0 atom stereocenters. The van der Waals surface area contributed by atoms with Crippen LogP contribution >= 0.6 is 0 Å². The normalized spacial score (nSPS) is 10.7. The Balaban J connectivity index is 2.35. The van der Waals surface area contributed by atoms with Gasteiger partial charge in [0.2, 0.25) is 0 Å². The van der Waals surface area contributed by atoms with E-state index in [4.69, 9.17) is 5.73 Å². The number of sulfonamides is 1. The van der Waals surface area contributed by atoms with Crippen LogP contribution < -0.4 is 10.5 Å². The Morgan fingerprint density at radius 1 is 1.40 bits per heavy atom. The van der Waals surface area contributed by atoms with Gasteiger partial charge in [-0.15, -0.1) is 0 Å². The molecule has 0 radical (unpaired) electrons. The van der Waals surface area contributed by atoms with Gasteiger partial charge in [0, 0.05) is 5.56 Å². The molecule has 0 saturated heterocycles. The number of hydrogen-bond donors (Lipinski definition) is 3. The van der Waals surface area contributed by atoms with E-state index in [1.807, 2.05) is 0 Å². The van der Waals surface area contributed by atoms with E-state index in [-0.39, 0.29) is 11.6 Å². The summed E-state index contributed by atoms with van der Waals surface area (Å²) in [5, 5.41) is 0.0107. The van der Waals surface area contributed by atoms with Crippen molar-refractivity contribution in [3.05, 3.63) is 41.9 Å². The van der Waals surface area contributed by atoms with Crippen molar-refractivity contribution in [3.8, 4) is 11.8 Å². The maximum absolute atomic E-state index is 12.2. The maximum Gasteiger partial charge on any atom is 0.279 e. The summed E-state index contributed by atoms with van der Waals surface area (Å²) in [5.41, 5.74) is 6.29. The van der Waals surface area contributed by atoms with E-state index in [0.717, 1.165) is 0 Å². The highest BCUT2D eigenvalue weighted by atomic mass is 32.2. The van der Waals surface area contributed by atoms with Gasteiger partial charge >= 0.3 is 0 Å². The Hall–Kier alpha value is -2.30. The molecule has 0 spiro atoms. The summed E-state index contributed by atoms with van der Waals surface area (Å²) in [4.78, 5) is 6.56. The first kappa shape index (κ1) is 14.1. The molecule has 0 aliphatic carbocycles. The number of nitrogens with zero attached hydrogens (tertiary/aromatic N) is 1. The van der Waals surface area contributed by atoms with Crippen LogP contribution in [0.5, 0.6) is 0 Å². The van der Waals surface area contributed by atoms with Crippen LogP contribution in [0.1, 0.15) is 11.4 Å². The third kappa shape index (κ3) is 3.17. The number of rotatable bonds is 3. The molecular formula is C13H14N4O2S. The van der Waals surface area contributed by atoms with Crippen LogP contribution in [0.25, 0.3) is 0 Å². The number of nitrogens with one attached hydrogen (secondary N) is 2. The molecule has 0 bridgehead atoms. The van der Waals surface area contributed by atoms with Crippen LogP contribution in [-0.2, 0) is 10.0 Å². The minimum Gasteiger partial charge on any atom is -0.332 e. The number of nitrogens with two attached hydrogens (primary N) is 1. The Morgan fingerprint density at radius 3 is 2.80 bits per heavy atom. The monoisotopic (exact) mass is 290 g/mol. The molecule has 0 amide bonds. The summed E-state index contributed by atoms with van der Waals surface area (Å²) in [5.74, 6) is 6.05. The van der Waals surface area contributed by atoms with E-state index in [9.17, 15) is 8.42 Å². The second-order valence-corrected chi connectivity index (χ2v) is 5.64. The lowest BCUT2D eigenvalue weighted by molar-refractivity contribution is 0.598. The maximum atomic E-state index is 12.2. The van der Waals surface area contributed by atoms with Gasteiger partial charge < -0.3 is 10.7 Å². The summed E-state index contributed by atoms with van der Waals surface area (Å²) in [6.45, 7) is 1.89. The van der Waals surface area contributed by atoms with E-state index in [2.05, 4.69) is 26.5 Å². The molecule has 2 aromatic rings. The van der Waals surface area contributed by atoms with E-state index in [1.165, 1.54) is 6.20 Å². The van der Waals surface area contributed by atoms with Crippen LogP contribution in [-0.4, -0.2) is 24.9 Å². The predicted octanol–water partition coefficient (Wildman–Crippen LogP) is 0.829. The fourth-order valence-corrected chi connectivity index (χ4v) is 2.61. The Kier molecular flexibility index (Phi) is 4.08. The van der Waals surface area contributed by atoms with Gasteiger partial charge in [0.15, 0.2) is 5.03 Å². The smallest absolute Gasteiger partial charge is 0.279 e. The van der Waals surface area contributed by atoms with Crippen LogP contribution in [0.4, 0.5) is 5.69 Å². The number of hydrogen-bond acceptors (Lipinski definition) is 4. The predicted molar refractivity (Wildman–Crippen MR) is 76.5 cm³/mol. The lowest BCUT2D eigenvalue weighted by Crippen LogP contribution is -2.14. The lowest BCUT2D eigenvalue weighted by atomic mass is 10.2. The number of benzene rings is 1. The highest BCUT2D eigenvalue weighted by Gasteiger charge is 2.17. The molecule has 1 aromatic carbocycles. The first-order valence-electron chi connectivity index (χ1n) is 5.85. The number of aromatic nitrogens is 2. The lowest BCUT2D eigenvalue weighted by Gasteiger charge is -2.08. The Labute approximate surface area is 117 Å². The number of aryl methyl sites for hydroxylation is 1. The summed E-state index contributed by atoms with van der Waals surface area (Å²) < 4.78 is 26.9. The van der Waals surface area contributed by atoms with Crippen LogP contribution in [0.15, 0.2) is 35.5 Å². The van der Waals surface area contributed by atoms with Crippen LogP contribution in [0, 0.1) is 18.8 Å². The SMILES string of the molecule is Cc1ncc(S(=O)(=O)Nc2ccccc2C#CCN)[nH]1. The van der Waals surface area contributed by atoms with Crippen molar-refractivity contribution in [3.63, 3.8) is 0 Å². The van der Waals surface area contributed by atoms with Crippen molar-refractivity contribution < 1.29 is 8.42 Å². The van der Waals surface area contributed by atoms with Gasteiger partial charge in [-0.25, -0.2) is 4.98 Å². The highest BCUT2D eigenvalue weighted by molar-refractivity contribution is 7.92. The van der Waals surface area contributed by atoms with E-state index in [0.29, 0.717) is 17.1 Å². The number of H-pyrrole nitrogens is 1. The zero-order chi connectivity index (χ0) is 14.6. The third-order valence-electron chi connectivity index (χ3n) is 2.47. The zero-order valence-electron chi connectivity index (χ0n) is 10.8. The summed E-state index contributed by atoms with van der Waals surface area (Å²) in [7, 11) is -3.71. The summed E-state index contributed by atoms with van der Waals surface area (Å²) >= 11 is 0.